The van der Waals surface area contributed by atoms with E-state index in [-0.39, 0.29) is 0 Å². The summed E-state index contributed by atoms with van der Waals surface area (Å²) in [7, 11) is 0. The van der Waals surface area contributed by atoms with Crippen molar-refractivity contribution in [2.45, 2.75) is 27.4 Å². The molecular weight excluding hydrogens is 398 g/mol. The molecule has 0 aliphatic rings. The van der Waals surface area contributed by atoms with E-state index in [0.29, 0.717) is 36.3 Å². The van der Waals surface area contributed by atoms with Crippen LogP contribution < -0.4 is 14.2 Å². The van der Waals surface area contributed by atoms with Gasteiger partial charge in [0.25, 0.3) is 0 Å². The largest absolute Gasteiger partial charge is 0.494 e. The molecule has 5 heteroatoms. The molecule has 3 aromatic rings. The molecule has 0 heterocycles. The smallest absolute Gasteiger partial charge is 0.180 e. The van der Waals surface area contributed by atoms with Gasteiger partial charge < -0.3 is 14.2 Å². The van der Waals surface area contributed by atoms with Gasteiger partial charge in [0.2, 0.25) is 0 Å². The van der Waals surface area contributed by atoms with Crippen LogP contribution in [0.5, 0.6) is 17.2 Å². The molecule has 0 N–H and O–H groups in total. The highest BCUT2D eigenvalue weighted by Crippen LogP contribution is 2.37. The van der Waals surface area contributed by atoms with Crippen LogP contribution >= 0.6 is 11.6 Å². The van der Waals surface area contributed by atoms with Crippen molar-refractivity contribution >= 4 is 23.5 Å². The molecule has 0 saturated heterocycles. The van der Waals surface area contributed by atoms with Gasteiger partial charge in [-0.25, -0.2) is 0 Å². The molecule has 0 saturated carbocycles. The fraction of sp³-hybridized carbons (Fsp3) is 0.240. The number of hydrogen-bond acceptors (Lipinski definition) is 4. The number of aliphatic imine (C=N–C) groups is 1. The standard InChI is InChI=1S/C25H26ClNO3/c1-4-28-22-12-10-21(11-13-22)27-16-20-14-23(26)25(24(15-20)29-5-2)30-17-19-8-6-18(3)7-9-19/h6-16H,4-5,17H2,1-3H3. The van der Waals surface area contributed by atoms with E-state index in [1.54, 1.807) is 6.21 Å². The average molecular weight is 424 g/mol. The predicted octanol–water partition coefficient (Wildman–Crippen LogP) is 6.78. The Morgan fingerprint density at radius 2 is 1.57 bits per heavy atom. The molecule has 0 bridgehead atoms. The van der Waals surface area contributed by atoms with Gasteiger partial charge in [0.05, 0.1) is 23.9 Å². The Bertz CT molecular complexity index is 983. The summed E-state index contributed by atoms with van der Waals surface area (Å²) in [6, 6.07) is 19.5. The van der Waals surface area contributed by atoms with Crippen molar-refractivity contribution in [2.24, 2.45) is 4.99 Å². The molecule has 0 spiro atoms. The van der Waals surface area contributed by atoms with Crippen molar-refractivity contribution < 1.29 is 14.2 Å². The molecule has 156 valence electrons. The molecule has 0 radical (unpaired) electrons. The van der Waals surface area contributed by atoms with Crippen molar-refractivity contribution in [3.63, 3.8) is 0 Å². The Labute approximate surface area is 183 Å². The molecule has 0 fully saturated rings. The lowest BCUT2D eigenvalue weighted by atomic mass is 10.1. The maximum Gasteiger partial charge on any atom is 0.180 e. The summed E-state index contributed by atoms with van der Waals surface area (Å²) in [5.74, 6) is 1.97. The molecule has 0 aliphatic heterocycles. The zero-order chi connectivity index (χ0) is 21.3. The van der Waals surface area contributed by atoms with Gasteiger partial charge in [-0.2, -0.15) is 0 Å². The second kappa shape index (κ2) is 10.7. The number of benzene rings is 3. The first-order valence-electron chi connectivity index (χ1n) is 10.0. The quantitative estimate of drug-likeness (QED) is 0.356. The third-order valence-electron chi connectivity index (χ3n) is 4.35. The number of ether oxygens (including phenoxy) is 3. The summed E-state index contributed by atoms with van der Waals surface area (Å²) >= 11 is 6.52. The van der Waals surface area contributed by atoms with Gasteiger partial charge in [-0.15, -0.1) is 0 Å². The van der Waals surface area contributed by atoms with Gasteiger partial charge in [0, 0.05) is 6.21 Å². The minimum atomic E-state index is 0.416. The van der Waals surface area contributed by atoms with Crippen LogP contribution in [0.2, 0.25) is 5.02 Å². The lowest BCUT2D eigenvalue weighted by molar-refractivity contribution is 0.269. The molecule has 0 unspecified atom stereocenters. The van der Waals surface area contributed by atoms with Gasteiger partial charge in [0.15, 0.2) is 11.5 Å². The van der Waals surface area contributed by atoms with Crippen molar-refractivity contribution in [1.82, 2.24) is 0 Å². The van der Waals surface area contributed by atoms with Crippen molar-refractivity contribution in [3.8, 4) is 17.2 Å². The second-order valence-electron chi connectivity index (χ2n) is 6.72. The Balaban J connectivity index is 1.76. The summed E-state index contributed by atoms with van der Waals surface area (Å²) in [6.45, 7) is 7.51. The maximum absolute atomic E-state index is 6.52. The number of hydrogen-bond donors (Lipinski definition) is 0. The number of aryl methyl sites for hydroxylation is 1. The van der Waals surface area contributed by atoms with Crippen LogP contribution in [-0.2, 0) is 6.61 Å². The van der Waals surface area contributed by atoms with Crippen molar-refractivity contribution in [1.29, 1.82) is 0 Å². The number of halogens is 1. The first-order valence-corrected chi connectivity index (χ1v) is 10.4. The summed E-state index contributed by atoms with van der Waals surface area (Å²) in [4.78, 5) is 4.52. The highest BCUT2D eigenvalue weighted by atomic mass is 35.5. The highest BCUT2D eigenvalue weighted by molar-refractivity contribution is 6.32. The van der Waals surface area contributed by atoms with Gasteiger partial charge in [-0.1, -0.05) is 41.4 Å². The van der Waals surface area contributed by atoms with E-state index in [2.05, 4.69) is 24.0 Å². The summed E-state index contributed by atoms with van der Waals surface area (Å²) < 4.78 is 17.2. The topological polar surface area (TPSA) is 40.0 Å². The first-order chi connectivity index (χ1) is 14.6. The Kier molecular flexibility index (Phi) is 7.75. The molecule has 0 atom stereocenters. The molecule has 3 aromatic carbocycles. The van der Waals surface area contributed by atoms with Crippen LogP contribution in [0.15, 0.2) is 65.7 Å². The summed E-state index contributed by atoms with van der Waals surface area (Å²) in [6.07, 6.45) is 1.76. The Hall–Kier alpha value is -2.98. The monoisotopic (exact) mass is 423 g/mol. The zero-order valence-corrected chi connectivity index (χ0v) is 18.3. The average Bonchev–Trinajstić information content (AvgIpc) is 2.74. The van der Waals surface area contributed by atoms with E-state index >= 15 is 0 Å². The fourth-order valence-corrected chi connectivity index (χ4v) is 3.12. The molecule has 3 rings (SSSR count). The van der Waals surface area contributed by atoms with Crippen molar-refractivity contribution in [2.75, 3.05) is 13.2 Å². The molecular formula is C25H26ClNO3. The van der Waals surface area contributed by atoms with E-state index < -0.39 is 0 Å². The van der Waals surface area contributed by atoms with E-state index in [1.807, 2.05) is 62.4 Å². The van der Waals surface area contributed by atoms with Crippen LogP contribution in [0, 0.1) is 6.92 Å². The SMILES string of the molecule is CCOc1ccc(N=Cc2cc(Cl)c(OCc3ccc(C)cc3)c(OCC)c2)cc1. The minimum absolute atomic E-state index is 0.416. The number of nitrogens with zero attached hydrogens (tertiary/aromatic N) is 1. The van der Waals surface area contributed by atoms with Crippen LogP contribution in [0.4, 0.5) is 5.69 Å². The normalized spacial score (nSPS) is 10.9. The first kappa shape index (κ1) is 21.7. The van der Waals surface area contributed by atoms with Crippen LogP contribution in [-0.4, -0.2) is 19.4 Å². The highest BCUT2D eigenvalue weighted by Gasteiger charge is 2.12. The summed E-state index contributed by atoms with van der Waals surface area (Å²) in [5.41, 5.74) is 3.94. The van der Waals surface area contributed by atoms with Crippen LogP contribution in [0.3, 0.4) is 0 Å². The summed E-state index contributed by atoms with van der Waals surface area (Å²) in [5, 5.41) is 0.487. The lowest BCUT2D eigenvalue weighted by Gasteiger charge is -2.14. The second-order valence-corrected chi connectivity index (χ2v) is 7.13. The van der Waals surface area contributed by atoms with E-state index in [9.17, 15) is 0 Å². The fourth-order valence-electron chi connectivity index (χ4n) is 2.85. The molecule has 0 amide bonds. The van der Waals surface area contributed by atoms with E-state index in [4.69, 9.17) is 25.8 Å². The van der Waals surface area contributed by atoms with E-state index in [1.165, 1.54) is 5.56 Å². The lowest BCUT2D eigenvalue weighted by Crippen LogP contribution is -2.01. The third-order valence-corrected chi connectivity index (χ3v) is 4.63. The maximum atomic E-state index is 6.52. The van der Waals surface area contributed by atoms with Crippen LogP contribution in [0.25, 0.3) is 0 Å². The Morgan fingerprint density at radius 1 is 0.867 bits per heavy atom. The molecule has 0 aromatic heterocycles. The van der Waals surface area contributed by atoms with E-state index in [0.717, 1.165) is 22.6 Å². The van der Waals surface area contributed by atoms with Gasteiger partial charge in [0.1, 0.15) is 12.4 Å². The van der Waals surface area contributed by atoms with Gasteiger partial charge in [-0.05, 0) is 68.3 Å². The predicted molar refractivity (Wildman–Crippen MR) is 123 cm³/mol. The van der Waals surface area contributed by atoms with Crippen molar-refractivity contribution in [3.05, 3.63) is 82.4 Å². The molecule has 0 aliphatic carbocycles. The van der Waals surface area contributed by atoms with Gasteiger partial charge in [-0.3, -0.25) is 4.99 Å². The number of rotatable bonds is 9. The Morgan fingerprint density at radius 3 is 2.23 bits per heavy atom. The molecule has 30 heavy (non-hydrogen) atoms. The third kappa shape index (κ3) is 6.01. The van der Waals surface area contributed by atoms with Gasteiger partial charge >= 0.3 is 0 Å². The zero-order valence-electron chi connectivity index (χ0n) is 17.5. The minimum Gasteiger partial charge on any atom is -0.494 e. The molecule has 4 nitrogen and oxygen atoms in total. The van der Waals surface area contributed by atoms with Crippen LogP contribution in [0.1, 0.15) is 30.5 Å².